The lowest BCUT2D eigenvalue weighted by molar-refractivity contribution is 0.128. The van der Waals surface area contributed by atoms with Crippen LogP contribution in [0.3, 0.4) is 0 Å². The van der Waals surface area contributed by atoms with Crippen LogP contribution in [0.1, 0.15) is 30.7 Å². The predicted octanol–water partition coefficient (Wildman–Crippen LogP) is 2.06. The number of nitrogens with one attached hydrogen (secondary N) is 1. The van der Waals surface area contributed by atoms with Gasteiger partial charge < -0.3 is 11.1 Å². The highest BCUT2D eigenvalue weighted by Crippen LogP contribution is 2.37. The standard InChI is InChI=1S/C14H24N4S/c1-3-16-14(15)17-10-11-6-4-8-18(2)13(11)12-7-5-9-19-12/h5,7,9,11,13H,3-4,6,8,10H2,1-2H3,(H3,15,16,17). The molecule has 0 bridgehead atoms. The summed E-state index contributed by atoms with van der Waals surface area (Å²) in [6, 6.07) is 4.86. The Balaban J connectivity index is 2.06. The van der Waals surface area contributed by atoms with Gasteiger partial charge >= 0.3 is 0 Å². The molecule has 0 aromatic carbocycles. The van der Waals surface area contributed by atoms with Crippen LogP contribution in [0.15, 0.2) is 22.5 Å². The predicted molar refractivity (Wildman–Crippen MR) is 82.6 cm³/mol. The molecular formula is C14H24N4S. The molecule has 0 radical (unpaired) electrons. The van der Waals surface area contributed by atoms with Crippen LogP contribution in [0.2, 0.25) is 0 Å². The minimum absolute atomic E-state index is 0.493. The van der Waals surface area contributed by atoms with E-state index in [1.54, 1.807) is 0 Å². The van der Waals surface area contributed by atoms with E-state index < -0.39 is 0 Å². The van der Waals surface area contributed by atoms with Gasteiger partial charge in [0.05, 0.1) is 0 Å². The molecule has 0 spiro atoms. The SMILES string of the molecule is CCNC(N)=NCC1CCCN(C)C1c1cccs1. The fraction of sp³-hybridized carbons (Fsp3) is 0.643. The maximum atomic E-state index is 5.83. The number of guanidine groups is 1. The molecule has 3 N–H and O–H groups in total. The molecular weight excluding hydrogens is 256 g/mol. The second-order valence-electron chi connectivity index (χ2n) is 5.10. The average Bonchev–Trinajstić information content (AvgIpc) is 2.90. The molecule has 2 heterocycles. The number of hydrogen-bond donors (Lipinski definition) is 2. The van der Waals surface area contributed by atoms with Gasteiger partial charge in [0.15, 0.2) is 5.96 Å². The van der Waals surface area contributed by atoms with E-state index >= 15 is 0 Å². The first kappa shape index (κ1) is 14.3. The Morgan fingerprint density at radius 2 is 2.47 bits per heavy atom. The Morgan fingerprint density at radius 1 is 1.63 bits per heavy atom. The molecule has 0 aliphatic carbocycles. The number of aliphatic imine (C=N–C) groups is 1. The Bertz CT molecular complexity index is 402. The zero-order chi connectivity index (χ0) is 13.7. The van der Waals surface area contributed by atoms with Crippen molar-refractivity contribution in [2.24, 2.45) is 16.6 Å². The summed E-state index contributed by atoms with van der Waals surface area (Å²) in [4.78, 5) is 8.40. The molecule has 0 amide bonds. The lowest BCUT2D eigenvalue weighted by atomic mass is 9.88. The van der Waals surface area contributed by atoms with Gasteiger partial charge in [0.2, 0.25) is 0 Å². The summed E-state index contributed by atoms with van der Waals surface area (Å²) in [6.07, 6.45) is 2.48. The van der Waals surface area contributed by atoms with Gasteiger partial charge in [-0.2, -0.15) is 0 Å². The second-order valence-corrected chi connectivity index (χ2v) is 6.08. The lowest BCUT2D eigenvalue weighted by Gasteiger charge is -2.38. The number of likely N-dealkylation sites (tertiary alicyclic amines) is 1. The van der Waals surface area contributed by atoms with Gasteiger partial charge in [-0.05, 0) is 50.7 Å². The van der Waals surface area contributed by atoms with Crippen LogP contribution in [0.4, 0.5) is 0 Å². The number of nitrogens with zero attached hydrogens (tertiary/aromatic N) is 2. The third kappa shape index (κ3) is 3.70. The lowest BCUT2D eigenvalue weighted by Crippen LogP contribution is -2.38. The Hall–Kier alpha value is -1.07. The van der Waals surface area contributed by atoms with Crippen LogP contribution in [0.25, 0.3) is 0 Å². The van der Waals surface area contributed by atoms with E-state index in [9.17, 15) is 0 Å². The molecule has 1 aliphatic rings. The summed E-state index contributed by atoms with van der Waals surface area (Å²) in [6.45, 7) is 4.84. The molecule has 1 aromatic rings. The number of piperidine rings is 1. The van der Waals surface area contributed by atoms with Gasteiger partial charge in [-0.25, -0.2) is 0 Å². The number of rotatable bonds is 4. The molecule has 2 unspecified atom stereocenters. The monoisotopic (exact) mass is 280 g/mol. The van der Waals surface area contributed by atoms with Crippen molar-refractivity contribution in [1.82, 2.24) is 10.2 Å². The van der Waals surface area contributed by atoms with Crippen LogP contribution in [-0.4, -0.2) is 37.5 Å². The Labute approximate surface area is 119 Å². The summed E-state index contributed by atoms with van der Waals surface area (Å²) in [5, 5.41) is 5.22. The highest BCUT2D eigenvalue weighted by molar-refractivity contribution is 7.10. The highest BCUT2D eigenvalue weighted by atomic mass is 32.1. The summed E-state index contributed by atoms with van der Waals surface area (Å²) in [5.74, 6) is 1.13. The van der Waals surface area contributed by atoms with Gasteiger partial charge in [0.25, 0.3) is 0 Å². The van der Waals surface area contributed by atoms with Crippen molar-refractivity contribution in [1.29, 1.82) is 0 Å². The molecule has 106 valence electrons. The van der Waals surface area contributed by atoms with Crippen molar-refractivity contribution in [2.75, 3.05) is 26.7 Å². The molecule has 1 saturated heterocycles. The van der Waals surface area contributed by atoms with Crippen molar-refractivity contribution < 1.29 is 0 Å². The van der Waals surface area contributed by atoms with Gasteiger partial charge in [-0.1, -0.05) is 6.07 Å². The summed E-state index contributed by atoms with van der Waals surface area (Å²) in [7, 11) is 2.22. The van der Waals surface area contributed by atoms with E-state index in [2.05, 4.69) is 39.8 Å². The van der Waals surface area contributed by atoms with Gasteiger partial charge in [-0.15, -0.1) is 11.3 Å². The third-order valence-corrected chi connectivity index (χ3v) is 4.64. The van der Waals surface area contributed by atoms with Crippen LogP contribution in [0.5, 0.6) is 0 Å². The molecule has 1 fully saturated rings. The van der Waals surface area contributed by atoms with E-state index in [-0.39, 0.29) is 0 Å². The molecule has 4 nitrogen and oxygen atoms in total. The third-order valence-electron chi connectivity index (χ3n) is 3.70. The Kier molecular flexibility index (Phi) is 5.22. The zero-order valence-electron chi connectivity index (χ0n) is 11.8. The first-order chi connectivity index (χ1) is 9.22. The molecule has 1 aliphatic heterocycles. The van der Waals surface area contributed by atoms with E-state index in [1.165, 1.54) is 24.3 Å². The van der Waals surface area contributed by atoms with Crippen LogP contribution in [-0.2, 0) is 0 Å². The van der Waals surface area contributed by atoms with Gasteiger partial charge in [0, 0.05) is 24.0 Å². The topological polar surface area (TPSA) is 53.6 Å². The van der Waals surface area contributed by atoms with E-state index in [4.69, 9.17) is 5.73 Å². The zero-order valence-corrected chi connectivity index (χ0v) is 12.6. The minimum atomic E-state index is 0.493. The largest absolute Gasteiger partial charge is 0.370 e. The molecule has 19 heavy (non-hydrogen) atoms. The molecule has 1 aromatic heterocycles. The first-order valence-corrected chi connectivity index (χ1v) is 7.87. The highest BCUT2D eigenvalue weighted by Gasteiger charge is 2.30. The molecule has 2 rings (SSSR count). The van der Waals surface area contributed by atoms with Crippen LogP contribution < -0.4 is 11.1 Å². The quantitative estimate of drug-likeness (QED) is 0.655. The molecule has 5 heteroatoms. The van der Waals surface area contributed by atoms with Crippen LogP contribution in [0, 0.1) is 5.92 Å². The van der Waals surface area contributed by atoms with Gasteiger partial charge in [-0.3, -0.25) is 9.89 Å². The summed E-state index contributed by atoms with van der Waals surface area (Å²) >= 11 is 1.84. The summed E-state index contributed by atoms with van der Waals surface area (Å²) in [5.41, 5.74) is 5.83. The van der Waals surface area contributed by atoms with E-state index in [0.29, 0.717) is 17.9 Å². The maximum absolute atomic E-state index is 5.83. The first-order valence-electron chi connectivity index (χ1n) is 6.99. The fourth-order valence-corrected chi connectivity index (χ4v) is 3.80. The van der Waals surface area contributed by atoms with Gasteiger partial charge in [0.1, 0.15) is 0 Å². The van der Waals surface area contributed by atoms with Crippen LogP contribution >= 0.6 is 11.3 Å². The fourth-order valence-electron chi connectivity index (χ4n) is 2.81. The van der Waals surface area contributed by atoms with Crippen molar-refractivity contribution in [3.63, 3.8) is 0 Å². The van der Waals surface area contributed by atoms with Crippen molar-refractivity contribution in [3.8, 4) is 0 Å². The normalized spacial score (nSPS) is 25.5. The van der Waals surface area contributed by atoms with E-state index in [0.717, 1.165) is 13.1 Å². The van der Waals surface area contributed by atoms with E-state index in [1.807, 2.05) is 18.3 Å². The number of nitrogens with two attached hydrogens (primary N) is 1. The maximum Gasteiger partial charge on any atom is 0.188 e. The second kappa shape index (κ2) is 6.91. The summed E-state index contributed by atoms with van der Waals surface area (Å²) < 4.78 is 0. The number of hydrogen-bond acceptors (Lipinski definition) is 3. The van der Waals surface area contributed by atoms with Crippen molar-refractivity contribution in [2.45, 2.75) is 25.8 Å². The smallest absolute Gasteiger partial charge is 0.188 e. The molecule has 2 atom stereocenters. The number of thiophene rings is 1. The van der Waals surface area contributed by atoms with Crippen molar-refractivity contribution in [3.05, 3.63) is 22.4 Å². The Morgan fingerprint density at radius 3 is 3.16 bits per heavy atom. The van der Waals surface area contributed by atoms with Crippen molar-refractivity contribution >= 4 is 17.3 Å². The molecule has 0 saturated carbocycles. The minimum Gasteiger partial charge on any atom is -0.370 e. The average molecular weight is 280 g/mol.